The highest BCUT2D eigenvalue weighted by Gasteiger charge is 2.70. The number of carbonyl (C=O) groups excluding carboxylic acids is 1. The topological polar surface area (TPSA) is 59.7 Å². The van der Waals surface area contributed by atoms with E-state index in [0.29, 0.717) is 22.5 Å². The first-order valence-electron chi connectivity index (χ1n) is 12.4. The highest BCUT2D eigenvalue weighted by molar-refractivity contribution is 5.66. The molecule has 0 aliphatic heterocycles. The fourth-order valence-electron chi connectivity index (χ4n) is 9.56. The molecule has 5 rings (SSSR count). The number of hydrogen-bond acceptors (Lipinski definition) is 4. The van der Waals surface area contributed by atoms with Gasteiger partial charge in [0.2, 0.25) is 0 Å². The smallest absolute Gasteiger partial charge is 0.303 e. The van der Waals surface area contributed by atoms with Crippen molar-refractivity contribution in [2.24, 2.45) is 39.4 Å². The van der Waals surface area contributed by atoms with E-state index in [1.165, 1.54) is 39.0 Å². The first-order chi connectivity index (χ1) is 14.4. The molecule has 0 saturated heterocycles. The Balaban J connectivity index is 1.64. The Hall–Kier alpha value is -1.29. The van der Waals surface area contributed by atoms with E-state index < -0.39 is 12.2 Å². The van der Waals surface area contributed by atoms with E-state index >= 15 is 0 Å². The second-order valence-electron chi connectivity index (χ2n) is 12.7. The van der Waals surface area contributed by atoms with Gasteiger partial charge < -0.3 is 14.3 Å². The molecule has 0 amide bonds. The molecule has 1 aromatic rings. The molecule has 0 aromatic carbocycles. The predicted molar refractivity (Wildman–Crippen MR) is 119 cm³/mol. The first kappa shape index (κ1) is 21.6. The largest absolute Gasteiger partial charge is 0.465 e. The van der Waals surface area contributed by atoms with Gasteiger partial charge in [-0.1, -0.05) is 41.0 Å². The lowest BCUT2D eigenvalue weighted by Gasteiger charge is -2.62. The fraction of sp³-hybridized carbons (Fsp3) is 0.815. The molecule has 1 aromatic heterocycles. The summed E-state index contributed by atoms with van der Waals surface area (Å²) in [4.78, 5) is 12.2. The van der Waals surface area contributed by atoms with Crippen LogP contribution in [0.2, 0.25) is 0 Å². The molecule has 31 heavy (non-hydrogen) atoms. The lowest BCUT2D eigenvalue weighted by atomic mass is 9.43. The van der Waals surface area contributed by atoms with Gasteiger partial charge in [-0.2, -0.15) is 0 Å². The van der Waals surface area contributed by atoms with Gasteiger partial charge in [0.25, 0.3) is 0 Å². The summed E-state index contributed by atoms with van der Waals surface area (Å²) in [6, 6.07) is 1.86. The number of aliphatic hydroxyl groups excluding tert-OH is 1. The Morgan fingerprint density at radius 2 is 1.74 bits per heavy atom. The summed E-state index contributed by atoms with van der Waals surface area (Å²) in [6.45, 7) is 13.8. The summed E-state index contributed by atoms with van der Waals surface area (Å²) < 4.78 is 11.9. The molecule has 0 bridgehead atoms. The van der Waals surface area contributed by atoms with Crippen molar-refractivity contribution >= 4 is 5.97 Å². The van der Waals surface area contributed by atoms with Crippen molar-refractivity contribution in [1.29, 1.82) is 0 Å². The molecule has 172 valence electrons. The van der Waals surface area contributed by atoms with E-state index in [1.54, 1.807) is 6.26 Å². The fourth-order valence-corrected chi connectivity index (χ4v) is 9.56. The first-order valence-corrected chi connectivity index (χ1v) is 12.4. The van der Waals surface area contributed by atoms with Gasteiger partial charge in [0.05, 0.1) is 12.4 Å². The maximum Gasteiger partial charge on any atom is 0.303 e. The highest BCUT2D eigenvalue weighted by atomic mass is 16.6. The average molecular weight is 429 g/mol. The normalized spacial score (nSPS) is 48.0. The van der Waals surface area contributed by atoms with Crippen LogP contribution in [0.1, 0.15) is 110 Å². The van der Waals surface area contributed by atoms with Crippen LogP contribution in [0.25, 0.3) is 0 Å². The van der Waals surface area contributed by atoms with E-state index in [0.717, 1.165) is 24.3 Å². The predicted octanol–water partition coefficient (Wildman–Crippen LogP) is 6.60. The second kappa shape index (κ2) is 6.62. The number of esters is 1. The summed E-state index contributed by atoms with van der Waals surface area (Å²) in [7, 11) is 0. The van der Waals surface area contributed by atoms with Crippen LogP contribution in [0.4, 0.5) is 0 Å². The molecule has 3 saturated carbocycles. The van der Waals surface area contributed by atoms with Crippen LogP contribution in [0.5, 0.6) is 0 Å². The third kappa shape index (κ3) is 2.79. The van der Waals surface area contributed by atoms with E-state index in [2.05, 4.69) is 34.6 Å². The van der Waals surface area contributed by atoms with Gasteiger partial charge in [-0.15, -0.1) is 0 Å². The van der Waals surface area contributed by atoms with Crippen LogP contribution in [0.15, 0.2) is 16.7 Å². The zero-order valence-electron chi connectivity index (χ0n) is 20.2. The van der Waals surface area contributed by atoms with Gasteiger partial charge in [0, 0.05) is 17.9 Å². The Kier molecular flexibility index (Phi) is 4.60. The van der Waals surface area contributed by atoms with Crippen molar-refractivity contribution in [3.05, 3.63) is 23.7 Å². The lowest BCUT2D eigenvalue weighted by Crippen LogP contribution is -2.54. The van der Waals surface area contributed by atoms with Crippen molar-refractivity contribution in [3.63, 3.8) is 0 Å². The van der Waals surface area contributed by atoms with Crippen molar-refractivity contribution in [1.82, 2.24) is 0 Å². The summed E-state index contributed by atoms with van der Waals surface area (Å²) in [6.07, 6.45) is 8.76. The van der Waals surface area contributed by atoms with Crippen LogP contribution < -0.4 is 0 Å². The van der Waals surface area contributed by atoms with Crippen LogP contribution in [0.3, 0.4) is 0 Å². The maximum atomic E-state index is 12.2. The van der Waals surface area contributed by atoms with Crippen molar-refractivity contribution < 1.29 is 19.1 Å². The van der Waals surface area contributed by atoms with Gasteiger partial charge in [0.1, 0.15) is 0 Å². The van der Waals surface area contributed by atoms with Crippen LogP contribution in [-0.4, -0.2) is 11.1 Å². The summed E-state index contributed by atoms with van der Waals surface area (Å²) in [5.74, 6) is 1.98. The molecule has 4 nitrogen and oxygen atoms in total. The van der Waals surface area contributed by atoms with Crippen LogP contribution in [-0.2, 0) is 9.53 Å². The molecule has 4 aliphatic carbocycles. The number of ether oxygens (including phenoxy) is 1. The Bertz CT molecular complexity index is 886. The van der Waals surface area contributed by atoms with Crippen molar-refractivity contribution in [2.75, 3.05) is 0 Å². The average Bonchev–Trinajstić information content (AvgIpc) is 3.21. The molecular weight excluding hydrogens is 388 g/mol. The highest BCUT2D eigenvalue weighted by Crippen LogP contribution is 2.76. The van der Waals surface area contributed by atoms with E-state index in [-0.39, 0.29) is 22.7 Å². The minimum Gasteiger partial charge on any atom is -0.465 e. The SMILES string of the molecule is CC(=O)OC1c2occc2C(O)CC2C1(C)CC1C3(C)CCCC(C)(C)C3CCC21C. The summed E-state index contributed by atoms with van der Waals surface area (Å²) >= 11 is 0. The molecular formula is C27H40O4. The summed E-state index contributed by atoms with van der Waals surface area (Å²) in [5.41, 5.74) is 1.37. The van der Waals surface area contributed by atoms with Gasteiger partial charge in [-0.05, 0) is 78.6 Å². The standard InChI is InChI=1S/C27H40O4/c1-16(28)31-23-22-17(9-13-30-22)18(29)14-20-26(5)12-8-19-24(2,3)10-7-11-25(19,4)21(26)15-27(20,23)6/h9,13,18-21,23,29H,7-8,10-12,14-15H2,1-6H3. The number of furan rings is 1. The Morgan fingerprint density at radius 1 is 1.03 bits per heavy atom. The summed E-state index contributed by atoms with van der Waals surface area (Å²) in [5, 5.41) is 11.2. The molecule has 4 aliphatic rings. The minimum absolute atomic E-state index is 0.135. The zero-order chi connectivity index (χ0) is 22.4. The van der Waals surface area contributed by atoms with Crippen LogP contribution in [0, 0.1) is 39.4 Å². The number of hydrogen-bond donors (Lipinski definition) is 1. The van der Waals surface area contributed by atoms with Crippen molar-refractivity contribution in [2.45, 2.75) is 98.7 Å². The molecule has 1 heterocycles. The number of rotatable bonds is 1. The molecule has 4 heteroatoms. The van der Waals surface area contributed by atoms with E-state index in [4.69, 9.17) is 9.15 Å². The van der Waals surface area contributed by atoms with Crippen molar-refractivity contribution in [3.8, 4) is 0 Å². The Labute approximate surface area is 187 Å². The number of fused-ring (bicyclic) bond motifs is 6. The molecule has 3 fully saturated rings. The Morgan fingerprint density at radius 3 is 2.45 bits per heavy atom. The van der Waals surface area contributed by atoms with E-state index in [1.807, 2.05) is 6.07 Å². The third-order valence-electron chi connectivity index (χ3n) is 10.7. The molecule has 1 N–H and O–H groups in total. The number of carbonyl (C=O) groups is 1. The molecule has 8 unspecified atom stereocenters. The van der Waals surface area contributed by atoms with Gasteiger partial charge in [-0.25, -0.2) is 0 Å². The molecule has 0 radical (unpaired) electrons. The third-order valence-corrected chi connectivity index (χ3v) is 10.7. The lowest BCUT2D eigenvalue weighted by molar-refractivity contribution is -0.159. The van der Waals surface area contributed by atoms with Gasteiger partial charge >= 0.3 is 5.97 Å². The second-order valence-corrected chi connectivity index (χ2v) is 12.7. The van der Waals surface area contributed by atoms with Crippen LogP contribution >= 0.6 is 0 Å². The molecule has 0 spiro atoms. The van der Waals surface area contributed by atoms with Gasteiger partial charge in [-0.3, -0.25) is 4.79 Å². The minimum atomic E-state index is -0.567. The monoisotopic (exact) mass is 428 g/mol. The van der Waals surface area contributed by atoms with Gasteiger partial charge in [0.15, 0.2) is 11.9 Å². The van der Waals surface area contributed by atoms with E-state index in [9.17, 15) is 9.90 Å². The quantitative estimate of drug-likeness (QED) is 0.512. The number of aliphatic hydroxyl groups is 1. The molecule has 8 atom stereocenters. The zero-order valence-corrected chi connectivity index (χ0v) is 20.2. The maximum absolute atomic E-state index is 12.2.